The Hall–Kier alpha value is -2.35. The van der Waals surface area contributed by atoms with Gasteiger partial charge in [0.1, 0.15) is 5.82 Å². The molecule has 1 saturated carbocycles. The molecule has 26 heavy (non-hydrogen) atoms. The van der Waals surface area contributed by atoms with E-state index in [9.17, 15) is 26.4 Å². The molecule has 0 heterocycles. The molecule has 0 spiro atoms. The molecule has 1 amide bonds. The van der Waals surface area contributed by atoms with Crippen molar-refractivity contribution in [1.29, 1.82) is 0 Å². The number of hydrogen-bond donors (Lipinski definition) is 0. The molecule has 0 radical (unpaired) electrons. The highest BCUT2D eigenvalue weighted by atomic mass is 32.2. The van der Waals surface area contributed by atoms with Gasteiger partial charge in [-0.1, -0.05) is 12.1 Å². The van der Waals surface area contributed by atoms with Gasteiger partial charge in [-0.25, -0.2) is 12.8 Å². The van der Waals surface area contributed by atoms with E-state index in [0.29, 0.717) is 6.54 Å². The molecule has 0 bridgehead atoms. The van der Waals surface area contributed by atoms with E-state index in [4.69, 9.17) is 0 Å². The summed E-state index contributed by atoms with van der Waals surface area (Å²) in [4.78, 5) is 13.8. The highest BCUT2D eigenvalue weighted by Crippen LogP contribution is 2.30. The molecule has 1 aliphatic carbocycles. The van der Waals surface area contributed by atoms with Crippen LogP contribution in [0, 0.1) is 5.82 Å². The molecule has 0 unspecified atom stereocenters. The lowest BCUT2D eigenvalue weighted by molar-refractivity contribution is 0.0730. The molecule has 0 atom stereocenters. The largest absolute Gasteiger partial charge is 0.341 e. The molecule has 0 aliphatic heterocycles. The summed E-state index contributed by atoms with van der Waals surface area (Å²) in [6.45, 7) is 0.293. The average Bonchev–Trinajstić information content (AvgIpc) is 3.45. The maximum Gasteiger partial charge on any atom is 0.341 e. The van der Waals surface area contributed by atoms with Gasteiger partial charge in [0, 0.05) is 18.2 Å². The van der Waals surface area contributed by atoms with Crippen molar-refractivity contribution >= 4 is 15.7 Å². The zero-order valence-electron chi connectivity index (χ0n) is 13.6. The van der Waals surface area contributed by atoms with Crippen molar-refractivity contribution < 1.29 is 26.4 Å². The van der Waals surface area contributed by atoms with E-state index in [1.165, 1.54) is 24.3 Å². The minimum atomic E-state index is -4.69. The first-order valence-corrected chi connectivity index (χ1v) is 9.51. The minimum absolute atomic E-state index is 0.0667. The number of halogens is 3. The predicted molar refractivity (Wildman–Crippen MR) is 88.9 cm³/mol. The maximum atomic E-state index is 13.0. The number of sulfone groups is 1. The van der Waals surface area contributed by atoms with Crippen molar-refractivity contribution in [1.82, 2.24) is 4.90 Å². The lowest BCUT2D eigenvalue weighted by Gasteiger charge is -2.23. The van der Waals surface area contributed by atoms with E-state index < -0.39 is 20.5 Å². The zero-order chi connectivity index (χ0) is 18.9. The maximum absolute atomic E-state index is 13.0. The molecule has 8 heteroatoms. The summed E-state index contributed by atoms with van der Waals surface area (Å²) in [7, 11) is -4.69. The van der Waals surface area contributed by atoms with Crippen molar-refractivity contribution in [3.8, 4) is 0 Å². The Morgan fingerprint density at radius 2 is 1.62 bits per heavy atom. The van der Waals surface area contributed by atoms with Gasteiger partial charge in [-0.3, -0.25) is 4.79 Å². The fourth-order valence-electron chi connectivity index (χ4n) is 2.60. The Bertz CT molecular complexity index is 892. The number of hydrogen-bond acceptors (Lipinski definition) is 3. The molecule has 2 aromatic carbocycles. The molecular formula is C18H16F3NO3S. The molecule has 3 rings (SSSR count). The first-order chi connectivity index (χ1) is 12.3. The normalized spacial score (nSPS) is 14.5. The summed E-state index contributed by atoms with van der Waals surface area (Å²) in [6, 6.07) is 10.4. The number of nitrogens with zero attached hydrogens (tertiary/aromatic N) is 1. The van der Waals surface area contributed by atoms with Crippen LogP contribution in [0.3, 0.4) is 0 Å². The Morgan fingerprint density at radius 3 is 2.12 bits per heavy atom. The van der Waals surface area contributed by atoms with Crippen molar-refractivity contribution in [2.45, 2.75) is 36.1 Å². The fourth-order valence-corrected chi connectivity index (χ4v) is 3.32. The van der Waals surface area contributed by atoms with E-state index in [1.54, 1.807) is 17.0 Å². The first kappa shape index (κ1) is 18.4. The quantitative estimate of drug-likeness (QED) is 0.766. The van der Waals surface area contributed by atoms with Gasteiger partial charge in [0.25, 0.3) is 5.91 Å². The van der Waals surface area contributed by atoms with Gasteiger partial charge in [-0.2, -0.15) is 8.78 Å². The standard InChI is InChI=1S/C18H16F3NO3S/c19-14-5-1-12(2-6-14)11-22(15-7-8-15)17(23)13-3-9-16(10-4-13)26(24,25)18(20)21/h1-6,9-10,15,18H,7-8,11H2. The van der Waals surface area contributed by atoms with Crippen molar-refractivity contribution in [3.63, 3.8) is 0 Å². The highest BCUT2D eigenvalue weighted by Gasteiger charge is 2.33. The van der Waals surface area contributed by atoms with Crippen LogP contribution in [0.1, 0.15) is 28.8 Å². The monoisotopic (exact) mass is 383 g/mol. The van der Waals surface area contributed by atoms with Crippen LogP contribution in [0.2, 0.25) is 0 Å². The second-order valence-corrected chi connectivity index (χ2v) is 8.04. The second-order valence-electron chi connectivity index (χ2n) is 6.12. The van der Waals surface area contributed by atoms with Crippen LogP contribution in [0.15, 0.2) is 53.4 Å². The molecule has 2 aromatic rings. The average molecular weight is 383 g/mol. The van der Waals surface area contributed by atoms with Gasteiger partial charge >= 0.3 is 5.76 Å². The first-order valence-electron chi connectivity index (χ1n) is 7.96. The molecule has 0 N–H and O–H groups in total. The summed E-state index contributed by atoms with van der Waals surface area (Å²) >= 11 is 0. The summed E-state index contributed by atoms with van der Waals surface area (Å²) in [5.41, 5.74) is 0.982. The smallest absolute Gasteiger partial charge is 0.331 e. The zero-order valence-corrected chi connectivity index (χ0v) is 14.4. The molecule has 1 aliphatic rings. The highest BCUT2D eigenvalue weighted by molar-refractivity contribution is 7.91. The number of benzene rings is 2. The third kappa shape index (κ3) is 3.90. The van der Waals surface area contributed by atoms with Gasteiger partial charge in [0.05, 0.1) is 4.90 Å². The van der Waals surface area contributed by atoms with Crippen LogP contribution < -0.4 is 0 Å². The van der Waals surface area contributed by atoms with E-state index >= 15 is 0 Å². The summed E-state index contributed by atoms with van der Waals surface area (Å²) in [5, 5.41) is 0. The number of carbonyl (C=O) groups excluding carboxylic acids is 1. The van der Waals surface area contributed by atoms with Crippen LogP contribution in [0.5, 0.6) is 0 Å². The van der Waals surface area contributed by atoms with Gasteiger partial charge in [-0.05, 0) is 54.8 Å². The van der Waals surface area contributed by atoms with E-state index in [2.05, 4.69) is 0 Å². The van der Waals surface area contributed by atoms with Crippen molar-refractivity contribution in [2.24, 2.45) is 0 Å². The van der Waals surface area contributed by atoms with E-state index in [0.717, 1.165) is 30.5 Å². The Labute approximate surface area is 149 Å². The molecule has 138 valence electrons. The molecule has 0 saturated heterocycles. The van der Waals surface area contributed by atoms with Crippen LogP contribution >= 0.6 is 0 Å². The second kappa shape index (κ2) is 7.11. The van der Waals surface area contributed by atoms with Crippen LogP contribution in [-0.4, -0.2) is 31.0 Å². The van der Waals surface area contributed by atoms with Crippen LogP contribution in [0.4, 0.5) is 13.2 Å². The number of rotatable bonds is 6. The lowest BCUT2D eigenvalue weighted by Crippen LogP contribution is -2.32. The Balaban J connectivity index is 1.80. The SMILES string of the molecule is O=C(c1ccc(S(=O)(=O)C(F)F)cc1)N(Cc1ccc(F)cc1)C1CC1. The Kier molecular flexibility index (Phi) is 5.04. The number of amides is 1. The molecular weight excluding hydrogens is 367 g/mol. The summed E-state index contributed by atoms with van der Waals surface area (Å²) in [6.07, 6.45) is 1.70. The van der Waals surface area contributed by atoms with Crippen molar-refractivity contribution in [2.75, 3.05) is 0 Å². The van der Waals surface area contributed by atoms with Crippen LogP contribution in [0.25, 0.3) is 0 Å². The summed E-state index contributed by atoms with van der Waals surface area (Å²) < 4.78 is 61.1. The van der Waals surface area contributed by atoms with E-state index in [1.807, 2.05) is 0 Å². The topological polar surface area (TPSA) is 54.5 Å². The predicted octanol–water partition coefficient (Wildman–Crippen LogP) is 3.63. The summed E-state index contributed by atoms with van der Waals surface area (Å²) in [5.74, 6) is -4.20. The van der Waals surface area contributed by atoms with Gasteiger partial charge in [0.15, 0.2) is 0 Å². The van der Waals surface area contributed by atoms with Crippen LogP contribution in [-0.2, 0) is 16.4 Å². The van der Waals surface area contributed by atoms with Gasteiger partial charge < -0.3 is 4.90 Å². The third-order valence-electron chi connectivity index (χ3n) is 4.18. The third-order valence-corrected chi connectivity index (χ3v) is 5.58. The lowest BCUT2D eigenvalue weighted by atomic mass is 10.1. The van der Waals surface area contributed by atoms with Gasteiger partial charge in [-0.15, -0.1) is 0 Å². The molecule has 4 nitrogen and oxygen atoms in total. The minimum Gasteiger partial charge on any atom is -0.331 e. The fraction of sp³-hybridized carbons (Fsp3) is 0.278. The Morgan fingerprint density at radius 1 is 1.04 bits per heavy atom. The van der Waals surface area contributed by atoms with Gasteiger partial charge in [0.2, 0.25) is 9.84 Å². The molecule has 1 fully saturated rings. The molecule has 0 aromatic heterocycles. The number of carbonyl (C=O) groups is 1. The number of alkyl halides is 2. The van der Waals surface area contributed by atoms with Crippen molar-refractivity contribution in [3.05, 3.63) is 65.5 Å². The van der Waals surface area contributed by atoms with E-state index in [-0.39, 0.29) is 23.3 Å².